The summed E-state index contributed by atoms with van der Waals surface area (Å²) in [5, 5.41) is 17.3. The second-order valence-electron chi connectivity index (χ2n) is 9.25. The minimum absolute atomic E-state index is 0.0582. The molecule has 9 nitrogen and oxygen atoms in total. The van der Waals surface area contributed by atoms with Crippen molar-refractivity contribution in [3.8, 4) is 0 Å². The van der Waals surface area contributed by atoms with Crippen LogP contribution in [0.5, 0.6) is 0 Å². The fourth-order valence-electron chi connectivity index (χ4n) is 3.32. The molecule has 0 bridgehead atoms. The Hall–Kier alpha value is -2.94. The summed E-state index contributed by atoms with van der Waals surface area (Å²) in [5.41, 5.74) is 6.63. The van der Waals surface area contributed by atoms with Crippen molar-refractivity contribution < 1.29 is 24.3 Å². The number of carboxylic acids is 1. The molecule has 1 rings (SSSR count). The average molecular weight is 463 g/mol. The quantitative estimate of drug-likeness (QED) is 0.297. The Morgan fingerprint density at radius 3 is 1.85 bits per heavy atom. The molecule has 0 heterocycles. The highest BCUT2D eigenvalue weighted by molar-refractivity contribution is 5.93. The first kappa shape index (κ1) is 28.1. The summed E-state index contributed by atoms with van der Waals surface area (Å²) >= 11 is 0. The predicted octanol–water partition coefficient (Wildman–Crippen LogP) is 1.21. The van der Waals surface area contributed by atoms with Crippen molar-refractivity contribution in [2.45, 2.75) is 78.0 Å². The lowest BCUT2D eigenvalue weighted by molar-refractivity contribution is -0.142. The number of rotatable bonds is 13. The molecule has 3 amide bonds. The molecule has 0 aliphatic rings. The lowest BCUT2D eigenvalue weighted by atomic mass is 10.0. The van der Waals surface area contributed by atoms with Crippen LogP contribution < -0.4 is 21.7 Å². The van der Waals surface area contributed by atoms with Gasteiger partial charge in [-0.05, 0) is 37.2 Å². The second-order valence-corrected chi connectivity index (χ2v) is 9.25. The molecule has 0 fully saturated rings. The zero-order valence-corrected chi connectivity index (χ0v) is 20.1. The first-order valence-corrected chi connectivity index (χ1v) is 11.3. The Bertz CT molecular complexity index is 797. The standard InChI is InChI=1S/C24H38N4O5/c1-14(2)11-18(25)22(30)26-16(5)21(29)27-19(12-15(3)4)23(31)28-20(24(32)33)13-17-9-7-6-8-10-17/h6-10,14-16,18-20H,11-13,25H2,1-5H3,(H,26,30)(H,27,29)(H,28,31)(H,32,33). The Morgan fingerprint density at radius 1 is 0.788 bits per heavy atom. The lowest BCUT2D eigenvalue weighted by Gasteiger charge is -2.25. The number of hydrogen-bond donors (Lipinski definition) is 5. The van der Waals surface area contributed by atoms with Gasteiger partial charge in [0, 0.05) is 6.42 Å². The predicted molar refractivity (Wildman–Crippen MR) is 126 cm³/mol. The molecular weight excluding hydrogens is 424 g/mol. The van der Waals surface area contributed by atoms with Crippen molar-refractivity contribution in [2.75, 3.05) is 0 Å². The molecule has 1 aromatic rings. The molecule has 1 aromatic carbocycles. The number of hydrogen-bond acceptors (Lipinski definition) is 5. The minimum atomic E-state index is -1.17. The van der Waals surface area contributed by atoms with Gasteiger partial charge in [0.05, 0.1) is 6.04 Å². The summed E-state index contributed by atoms with van der Waals surface area (Å²) in [4.78, 5) is 49.5. The minimum Gasteiger partial charge on any atom is -0.480 e. The van der Waals surface area contributed by atoms with Crippen molar-refractivity contribution in [3.63, 3.8) is 0 Å². The van der Waals surface area contributed by atoms with Crippen molar-refractivity contribution in [2.24, 2.45) is 17.6 Å². The topological polar surface area (TPSA) is 151 Å². The number of carbonyl (C=O) groups excluding carboxylic acids is 3. The van der Waals surface area contributed by atoms with E-state index in [4.69, 9.17) is 5.73 Å². The van der Waals surface area contributed by atoms with Crippen molar-refractivity contribution in [1.82, 2.24) is 16.0 Å². The second kappa shape index (κ2) is 13.6. The summed E-state index contributed by atoms with van der Waals surface area (Å²) in [6, 6.07) is 5.25. The fraction of sp³-hybridized carbons (Fsp3) is 0.583. The third-order valence-electron chi connectivity index (χ3n) is 5.05. The first-order valence-electron chi connectivity index (χ1n) is 11.3. The van der Waals surface area contributed by atoms with Gasteiger partial charge in [0.15, 0.2) is 0 Å². The number of nitrogens with two attached hydrogens (primary N) is 1. The van der Waals surface area contributed by atoms with Gasteiger partial charge in [0.25, 0.3) is 0 Å². The van der Waals surface area contributed by atoms with Gasteiger partial charge in [-0.1, -0.05) is 58.0 Å². The van der Waals surface area contributed by atoms with Crippen LogP contribution in [0.25, 0.3) is 0 Å². The van der Waals surface area contributed by atoms with Gasteiger partial charge in [-0.2, -0.15) is 0 Å². The number of amides is 3. The Morgan fingerprint density at radius 2 is 1.33 bits per heavy atom. The SMILES string of the molecule is CC(C)CC(N)C(=O)NC(C)C(=O)NC(CC(C)C)C(=O)NC(Cc1ccccc1)C(=O)O. The van der Waals surface area contributed by atoms with Crippen LogP contribution in [-0.4, -0.2) is 53.0 Å². The molecule has 0 aromatic heterocycles. The first-order chi connectivity index (χ1) is 15.4. The third-order valence-corrected chi connectivity index (χ3v) is 5.05. The molecule has 0 aliphatic carbocycles. The largest absolute Gasteiger partial charge is 0.480 e. The van der Waals surface area contributed by atoms with E-state index < -0.39 is 47.9 Å². The molecule has 33 heavy (non-hydrogen) atoms. The summed E-state index contributed by atoms with van der Waals surface area (Å²) in [6.45, 7) is 9.18. The maximum atomic E-state index is 12.9. The van der Waals surface area contributed by atoms with Crippen LogP contribution in [0.15, 0.2) is 30.3 Å². The fourth-order valence-corrected chi connectivity index (χ4v) is 3.32. The number of carboxylic acid groups (broad SMARTS) is 1. The molecule has 184 valence electrons. The van der Waals surface area contributed by atoms with Gasteiger partial charge in [-0.15, -0.1) is 0 Å². The summed E-state index contributed by atoms with van der Waals surface area (Å²) < 4.78 is 0. The maximum Gasteiger partial charge on any atom is 0.326 e. The van der Waals surface area contributed by atoms with Gasteiger partial charge >= 0.3 is 5.97 Å². The Labute approximate surface area is 195 Å². The van der Waals surface area contributed by atoms with Crippen LogP contribution in [-0.2, 0) is 25.6 Å². The third kappa shape index (κ3) is 10.5. The van der Waals surface area contributed by atoms with E-state index in [0.717, 1.165) is 5.56 Å². The van der Waals surface area contributed by atoms with Crippen LogP contribution in [0.3, 0.4) is 0 Å². The molecule has 9 heteroatoms. The van der Waals surface area contributed by atoms with Crippen LogP contribution in [0, 0.1) is 11.8 Å². The van der Waals surface area contributed by atoms with Gasteiger partial charge in [0.2, 0.25) is 17.7 Å². The molecule has 4 atom stereocenters. The van der Waals surface area contributed by atoms with Gasteiger partial charge < -0.3 is 26.8 Å². The number of carbonyl (C=O) groups is 4. The highest BCUT2D eigenvalue weighted by Gasteiger charge is 2.29. The summed E-state index contributed by atoms with van der Waals surface area (Å²) in [7, 11) is 0. The lowest BCUT2D eigenvalue weighted by Crippen LogP contribution is -2.56. The van der Waals surface area contributed by atoms with Crippen LogP contribution in [0.2, 0.25) is 0 Å². The van der Waals surface area contributed by atoms with E-state index in [0.29, 0.717) is 12.8 Å². The van der Waals surface area contributed by atoms with Gasteiger partial charge in [0.1, 0.15) is 18.1 Å². The number of nitrogens with one attached hydrogen (secondary N) is 3. The van der Waals surface area contributed by atoms with Gasteiger partial charge in [-0.25, -0.2) is 4.79 Å². The molecule has 0 saturated carbocycles. The van der Waals surface area contributed by atoms with Gasteiger partial charge in [-0.3, -0.25) is 14.4 Å². The average Bonchev–Trinajstić information content (AvgIpc) is 2.72. The monoisotopic (exact) mass is 462 g/mol. The van der Waals surface area contributed by atoms with Crippen LogP contribution >= 0.6 is 0 Å². The van der Waals surface area contributed by atoms with E-state index in [1.807, 2.05) is 33.8 Å². The maximum absolute atomic E-state index is 12.9. The molecule has 0 spiro atoms. The Kier molecular flexibility index (Phi) is 11.6. The molecular formula is C24H38N4O5. The van der Waals surface area contributed by atoms with Crippen molar-refractivity contribution >= 4 is 23.7 Å². The van der Waals surface area contributed by atoms with E-state index in [2.05, 4.69) is 16.0 Å². The van der Waals surface area contributed by atoms with Crippen LogP contribution in [0.1, 0.15) is 53.0 Å². The molecule has 6 N–H and O–H groups in total. The number of benzene rings is 1. The highest BCUT2D eigenvalue weighted by Crippen LogP contribution is 2.09. The zero-order valence-electron chi connectivity index (χ0n) is 20.1. The van der Waals surface area contributed by atoms with E-state index in [1.165, 1.54) is 6.92 Å². The zero-order chi connectivity index (χ0) is 25.1. The van der Waals surface area contributed by atoms with E-state index in [1.54, 1.807) is 24.3 Å². The summed E-state index contributed by atoms with van der Waals surface area (Å²) in [6.07, 6.45) is 0.907. The van der Waals surface area contributed by atoms with Crippen LogP contribution in [0.4, 0.5) is 0 Å². The number of aliphatic carboxylic acids is 1. The Balaban J connectivity index is 2.82. The molecule has 0 saturated heterocycles. The smallest absolute Gasteiger partial charge is 0.326 e. The highest BCUT2D eigenvalue weighted by atomic mass is 16.4. The normalized spacial score (nSPS) is 14.8. The van der Waals surface area contributed by atoms with E-state index >= 15 is 0 Å². The van der Waals surface area contributed by atoms with E-state index in [-0.39, 0.29) is 18.3 Å². The molecule has 4 unspecified atom stereocenters. The molecule has 0 aliphatic heterocycles. The summed E-state index contributed by atoms with van der Waals surface area (Å²) in [5.74, 6) is -2.45. The van der Waals surface area contributed by atoms with E-state index in [9.17, 15) is 24.3 Å². The van der Waals surface area contributed by atoms with Crippen molar-refractivity contribution in [3.05, 3.63) is 35.9 Å². The molecule has 0 radical (unpaired) electrons. The van der Waals surface area contributed by atoms with Crippen molar-refractivity contribution in [1.29, 1.82) is 0 Å².